The lowest BCUT2D eigenvalue weighted by atomic mass is 10.2. The topological polar surface area (TPSA) is 108 Å². The second kappa shape index (κ2) is 11.5. The molecule has 2 aromatic carbocycles. The number of hydrogen-bond donors (Lipinski definition) is 0. The van der Waals surface area contributed by atoms with E-state index in [1.54, 1.807) is 32.0 Å². The van der Waals surface area contributed by atoms with Crippen LogP contribution >= 0.6 is 0 Å². The highest BCUT2D eigenvalue weighted by molar-refractivity contribution is 7.90. The molecule has 12 heteroatoms. The van der Waals surface area contributed by atoms with Crippen LogP contribution in [-0.2, 0) is 43.4 Å². The lowest BCUT2D eigenvalue weighted by Gasteiger charge is -2.27. The van der Waals surface area contributed by atoms with Gasteiger partial charge in [0, 0.05) is 18.2 Å². The average Bonchev–Trinajstić information content (AvgIpc) is 3.54. The highest BCUT2D eigenvalue weighted by Crippen LogP contribution is 2.27. The smallest absolute Gasteiger partial charge is 0.243 e. The van der Waals surface area contributed by atoms with E-state index in [0.717, 1.165) is 12.8 Å². The van der Waals surface area contributed by atoms with Gasteiger partial charge in [-0.2, -0.15) is 4.31 Å². The number of aromatic nitrogens is 2. The van der Waals surface area contributed by atoms with Crippen molar-refractivity contribution >= 4 is 19.9 Å². The Morgan fingerprint density at radius 2 is 1.84 bits per heavy atom. The molecule has 0 N–H and O–H groups in total. The van der Waals surface area contributed by atoms with E-state index in [-0.39, 0.29) is 34.8 Å². The fraction of sp³-hybridized carbons (Fsp3) is 0.423. The van der Waals surface area contributed by atoms with Crippen LogP contribution in [0.15, 0.2) is 64.8 Å². The van der Waals surface area contributed by atoms with E-state index in [4.69, 9.17) is 9.47 Å². The Bertz CT molecular complexity index is 1460. The maximum atomic E-state index is 14.3. The second-order valence-electron chi connectivity index (χ2n) is 9.45. The molecule has 2 heterocycles. The average molecular weight is 566 g/mol. The molecule has 1 aromatic heterocycles. The summed E-state index contributed by atoms with van der Waals surface area (Å²) in [5.74, 6) is -0.663. The van der Waals surface area contributed by atoms with Gasteiger partial charge >= 0.3 is 0 Å². The highest BCUT2D eigenvalue weighted by Gasteiger charge is 2.32. The maximum absolute atomic E-state index is 14.3. The molecule has 0 spiro atoms. The molecular formula is C26H32FN3O6S2. The Labute approximate surface area is 223 Å². The van der Waals surface area contributed by atoms with Crippen LogP contribution in [0.25, 0.3) is 0 Å². The van der Waals surface area contributed by atoms with Gasteiger partial charge in [0.25, 0.3) is 0 Å². The van der Waals surface area contributed by atoms with Crippen molar-refractivity contribution in [2.24, 2.45) is 0 Å². The molecule has 9 nitrogen and oxygen atoms in total. The van der Waals surface area contributed by atoms with Gasteiger partial charge < -0.3 is 14.0 Å². The van der Waals surface area contributed by atoms with E-state index in [2.05, 4.69) is 4.98 Å². The van der Waals surface area contributed by atoms with Crippen molar-refractivity contribution < 1.29 is 30.7 Å². The van der Waals surface area contributed by atoms with Crippen molar-refractivity contribution in [3.63, 3.8) is 0 Å². The van der Waals surface area contributed by atoms with Gasteiger partial charge in [0.15, 0.2) is 0 Å². The summed E-state index contributed by atoms with van der Waals surface area (Å²) in [6.07, 6.45) is 2.72. The summed E-state index contributed by atoms with van der Waals surface area (Å²) in [5.41, 5.74) is 0.435. The predicted octanol–water partition coefficient (Wildman–Crippen LogP) is 3.78. The zero-order valence-electron chi connectivity index (χ0n) is 21.6. The zero-order chi connectivity index (χ0) is 27.5. The van der Waals surface area contributed by atoms with Gasteiger partial charge in [-0.3, -0.25) is 0 Å². The molecule has 0 aliphatic carbocycles. The molecule has 1 aliphatic heterocycles. The molecule has 0 amide bonds. The standard InChI is InChI=1S/C26H32FN3O6S2/c1-19(2)30(38(33,34)24-12-10-22(35-3)11-13-24)16-21-15-28-26(29(21)17-23-8-6-14-36-23)37(31,32)18-20-7-4-5-9-25(20)27/h4-5,7,9-13,15,19,23H,6,8,14,16-18H2,1-3H3/t23-/m1/s1. The van der Waals surface area contributed by atoms with Gasteiger partial charge in [-0.05, 0) is 57.0 Å². The quantitative estimate of drug-likeness (QED) is 0.348. The Morgan fingerprint density at radius 1 is 1.13 bits per heavy atom. The number of benzene rings is 2. The first-order chi connectivity index (χ1) is 18.0. The Morgan fingerprint density at radius 3 is 2.45 bits per heavy atom. The molecule has 0 radical (unpaired) electrons. The third-order valence-electron chi connectivity index (χ3n) is 6.45. The molecule has 0 unspecified atom stereocenters. The molecular weight excluding hydrogens is 533 g/mol. The van der Waals surface area contributed by atoms with Crippen LogP contribution in [0.4, 0.5) is 4.39 Å². The molecule has 1 fully saturated rings. The molecule has 3 aromatic rings. The summed E-state index contributed by atoms with van der Waals surface area (Å²) in [7, 11) is -6.51. The summed E-state index contributed by atoms with van der Waals surface area (Å²) in [4.78, 5) is 4.29. The van der Waals surface area contributed by atoms with E-state index in [9.17, 15) is 21.2 Å². The molecule has 38 heavy (non-hydrogen) atoms. The van der Waals surface area contributed by atoms with Crippen LogP contribution in [0, 0.1) is 5.82 Å². The fourth-order valence-electron chi connectivity index (χ4n) is 4.43. The third kappa shape index (κ3) is 6.09. The van der Waals surface area contributed by atoms with E-state index in [0.29, 0.717) is 18.1 Å². The van der Waals surface area contributed by atoms with Crippen molar-refractivity contribution in [3.8, 4) is 5.75 Å². The number of methoxy groups -OCH3 is 1. The van der Waals surface area contributed by atoms with Gasteiger partial charge in [0.05, 0.1) is 48.8 Å². The van der Waals surface area contributed by atoms with Crippen molar-refractivity contribution in [1.82, 2.24) is 13.9 Å². The lowest BCUT2D eigenvalue weighted by Crippen LogP contribution is -2.37. The lowest BCUT2D eigenvalue weighted by molar-refractivity contribution is 0.0936. The number of rotatable bonds is 11. The van der Waals surface area contributed by atoms with E-state index in [1.807, 2.05) is 0 Å². The number of halogens is 1. The van der Waals surface area contributed by atoms with E-state index in [1.165, 1.54) is 52.5 Å². The van der Waals surface area contributed by atoms with Crippen LogP contribution < -0.4 is 4.74 Å². The molecule has 0 bridgehead atoms. The zero-order valence-corrected chi connectivity index (χ0v) is 23.2. The van der Waals surface area contributed by atoms with Crippen LogP contribution in [-0.4, -0.2) is 56.6 Å². The number of ether oxygens (including phenoxy) is 2. The van der Waals surface area contributed by atoms with Gasteiger partial charge in [-0.1, -0.05) is 18.2 Å². The second-order valence-corrected chi connectivity index (χ2v) is 13.2. The summed E-state index contributed by atoms with van der Waals surface area (Å²) in [6.45, 7) is 4.14. The summed E-state index contributed by atoms with van der Waals surface area (Å²) in [5, 5.41) is -0.239. The van der Waals surface area contributed by atoms with E-state index < -0.39 is 37.5 Å². The largest absolute Gasteiger partial charge is 0.497 e. The van der Waals surface area contributed by atoms with Gasteiger partial charge in [0.2, 0.25) is 25.0 Å². The minimum atomic E-state index is -4.06. The van der Waals surface area contributed by atoms with Gasteiger partial charge in [-0.25, -0.2) is 26.2 Å². The minimum absolute atomic E-state index is 0.0339. The highest BCUT2D eigenvalue weighted by atomic mass is 32.2. The van der Waals surface area contributed by atoms with Crippen LogP contribution in [0.1, 0.15) is 37.9 Å². The van der Waals surface area contributed by atoms with Crippen molar-refractivity contribution in [1.29, 1.82) is 0 Å². The Hall–Kier alpha value is -2.80. The summed E-state index contributed by atoms with van der Waals surface area (Å²) >= 11 is 0. The third-order valence-corrected chi connectivity index (χ3v) is 10.1. The number of sulfone groups is 1. The van der Waals surface area contributed by atoms with Crippen LogP contribution in [0.5, 0.6) is 5.75 Å². The number of imidazole rings is 1. The molecule has 0 saturated carbocycles. The van der Waals surface area contributed by atoms with Crippen LogP contribution in [0.3, 0.4) is 0 Å². The van der Waals surface area contributed by atoms with E-state index >= 15 is 0 Å². The molecule has 1 saturated heterocycles. The SMILES string of the molecule is COc1ccc(S(=O)(=O)N(Cc2cnc(S(=O)(=O)Cc3ccccc3F)n2C[C@H]2CCCO2)C(C)C)cc1. The summed E-state index contributed by atoms with van der Waals surface area (Å²) in [6, 6.07) is 11.3. The maximum Gasteiger partial charge on any atom is 0.243 e. The van der Waals surface area contributed by atoms with Gasteiger partial charge in [-0.15, -0.1) is 0 Å². The Kier molecular flexibility index (Phi) is 8.55. The predicted molar refractivity (Wildman–Crippen MR) is 139 cm³/mol. The monoisotopic (exact) mass is 565 g/mol. The fourth-order valence-corrected chi connectivity index (χ4v) is 7.55. The minimum Gasteiger partial charge on any atom is -0.497 e. The first-order valence-electron chi connectivity index (χ1n) is 12.3. The van der Waals surface area contributed by atoms with Crippen molar-refractivity contribution in [2.45, 2.75) is 67.7 Å². The summed E-state index contributed by atoms with van der Waals surface area (Å²) < 4.78 is 82.0. The first-order valence-corrected chi connectivity index (χ1v) is 15.4. The molecule has 206 valence electrons. The first kappa shape index (κ1) is 28.2. The number of sulfonamides is 1. The number of hydrogen-bond acceptors (Lipinski definition) is 7. The van der Waals surface area contributed by atoms with Gasteiger partial charge in [0.1, 0.15) is 11.6 Å². The van der Waals surface area contributed by atoms with Crippen molar-refractivity contribution in [2.75, 3.05) is 13.7 Å². The Balaban J connectivity index is 1.71. The number of nitrogens with zero attached hydrogens (tertiary/aromatic N) is 3. The molecule has 1 aliphatic rings. The normalized spacial score (nSPS) is 16.4. The molecule has 1 atom stereocenters. The molecule has 4 rings (SSSR count). The van der Waals surface area contributed by atoms with Crippen LogP contribution in [0.2, 0.25) is 0 Å². The van der Waals surface area contributed by atoms with Crippen molar-refractivity contribution in [3.05, 3.63) is 71.8 Å².